The monoisotopic (exact) mass is 282 g/mol. The molecule has 0 saturated heterocycles. The number of aliphatic carboxylic acids is 1. The summed E-state index contributed by atoms with van der Waals surface area (Å²) in [5.41, 5.74) is 0. The van der Waals surface area contributed by atoms with Gasteiger partial charge in [0.15, 0.2) is 0 Å². The van der Waals surface area contributed by atoms with Gasteiger partial charge in [-0.05, 0) is 38.0 Å². The van der Waals surface area contributed by atoms with Gasteiger partial charge in [-0.1, -0.05) is 64.5 Å². The van der Waals surface area contributed by atoms with Gasteiger partial charge >= 0.3 is 5.97 Å². The Morgan fingerprint density at radius 1 is 0.850 bits per heavy atom. The third-order valence-electron chi connectivity index (χ3n) is 3.58. The van der Waals surface area contributed by atoms with Crippen molar-refractivity contribution in [3.8, 4) is 0 Å². The third-order valence-corrected chi connectivity index (χ3v) is 3.58. The Morgan fingerprint density at radius 2 is 1.35 bits per heavy atom. The molecule has 0 rings (SSSR count). The highest BCUT2D eigenvalue weighted by molar-refractivity contribution is 5.66. The summed E-state index contributed by atoms with van der Waals surface area (Å²) in [6, 6.07) is 0. The van der Waals surface area contributed by atoms with Gasteiger partial charge in [0.25, 0.3) is 0 Å². The Kier molecular flexibility index (Phi) is 14.0. The normalized spacial score (nSPS) is 11.6. The van der Waals surface area contributed by atoms with Crippen LogP contribution in [0, 0.1) is 5.92 Å². The van der Waals surface area contributed by atoms with Crippen molar-refractivity contribution in [2.75, 3.05) is 0 Å². The molecule has 0 aromatic carbocycles. The molecule has 1 N–H and O–H groups in total. The second-order valence-electron chi connectivity index (χ2n) is 6.20. The fourth-order valence-electron chi connectivity index (χ4n) is 2.30. The van der Waals surface area contributed by atoms with Crippen molar-refractivity contribution >= 4 is 5.97 Å². The van der Waals surface area contributed by atoms with Crippen LogP contribution >= 0.6 is 0 Å². The molecular formula is C18H34O2. The molecule has 2 heteroatoms. The molecule has 0 fully saturated rings. The van der Waals surface area contributed by atoms with E-state index in [1.807, 2.05) is 0 Å². The van der Waals surface area contributed by atoms with Crippen molar-refractivity contribution in [1.29, 1.82) is 0 Å². The minimum Gasteiger partial charge on any atom is -0.481 e. The summed E-state index contributed by atoms with van der Waals surface area (Å²) in [5.74, 6) is 0.179. The first-order valence-corrected chi connectivity index (χ1v) is 8.49. The summed E-state index contributed by atoms with van der Waals surface area (Å²) >= 11 is 0. The maximum absolute atomic E-state index is 10.3. The van der Waals surface area contributed by atoms with Gasteiger partial charge in [0.1, 0.15) is 0 Å². The number of hydrogen-bond acceptors (Lipinski definition) is 1. The van der Waals surface area contributed by atoms with E-state index < -0.39 is 5.97 Å². The Bertz CT molecular complexity index is 244. The van der Waals surface area contributed by atoms with Gasteiger partial charge in [0.05, 0.1) is 0 Å². The second kappa shape index (κ2) is 14.6. The van der Waals surface area contributed by atoms with E-state index in [2.05, 4.69) is 26.0 Å². The van der Waals surface area contributed by atoms with Crippen LogP contribution in [0.4, 0.5) is 0 Å². The molecular weight excluding hydrogens is 248 g/mol. The van der Waals surface area contributed by atoms with Gasteiger partial charge in [-0.2, -0.15) is 0 Å². The number of rotatable bonds is 14. The molecule has 0 aliphatic heterocycles. The highest BCUT2D eigenvalue weighted by Crippen LogP contribution is 2.12. The summed E-state index contributed by atoms with van der Waals surface area (Å²) in [7, 11) is 0. The molecule has 0 spiro atoms. The molecule has 0 saturated carbocycles. The molecule has 2 nitrogen and oxygen atoms in total. The molecule has 0 aromatic rings. The first-order valence-electron chi connectivity index (χ1n) is 8.49. The Labute approximate surface area is 125 Å². The summed E-state index contributed by atoms with van der Waals surface area (Å²) in [4.78, 5) is 10.3. The summed E-state index contributed by atoms with van der Waals surface area (Å²) in [5, 5.41) is 8.50. The predicted octanol–water partition coefficient (Wildman–Crippen LogP) is 5.96. The molecule has 0 aliphatic carbocycles. The van der Waals surface area contributed by atoms with Gasteiger partial charge < -0.3 is 5.11 Å². The van der Waals surface area contributed by atoms with E-state index in [1.165, 1.54) is 51.4 Å². The van der Waals surface area contributed by atoms with Gasteiger partial charge in [-0.15, -0.1) is 0 Å². The zero-order valence-electron chi connectivity index (χ0n) is 13.6. The Balaban J connectivity index is 3.10. The zero-order chi connectivity index (χ0) is 15.1. The number of carbonyl (C=O) groups is 1. The van der Waals surface area contributed by atoms with Crippen LogP contribution in [0.2, 0.25) is 0 Å². The van der Waals surface area contributed by atoms with E-state index >= 15 is 0 Å². The van der Waals surface area contributed by atoms with Gasteiger partial charge in [-0.3, -0.25) is 4.79 Å². The van der Waals surface area contributed by atoms with E-state index in [0.717, 1.165) is 25.2 Å². The van der Waals surface area contributed by atoms with E-state index in [0.29, 0.717) is 6.42 Å². The lowest BCUT2D eigenvalue weighted by molar-refractivity contribution is -0.137. The fourth-order valence-corrected chi connectivity index (χ4v) is 2.30. The lowest BCUT2D eigenvalue weighted by Crippen LogP contribution is -1.92. The molecule has 0 atom stereocenters. The molecule has 0 unspecified atom stereocenters. The van der Waals surface area contributed by atoms with Crippen molar-refractivity contribution in [3.63, 3.8) is 0 Å². The maximum Gasteiger partial charge on any atom is 0.303 e. The molecule has 0 amide bonds. The Morgan fingerprint density at radius 3 is 1.90 bits per heavy atom. The molecule has 0 aliphatic rings. The minimum atomic E-state index is -0.678. The molecule has 20 heavy (non-hydrogen) atoms. The summed E-state index contributed by atoms with van der Waals surface area (Å²) < 4.78 is 0. The van der Waals surface area contributed by atoms with E-state index in [4.69, 9.17) is 5.11 Å². The van der Waals surface area contributed by atoms with Crippen LogP contribution in [0.3, 0.4) is 0 Å². The van der Waals surface area contributed by atoms with Crippen LogP contribution in [0.15, 0.2) is 12.2 Å². The quantitative estimate of drug-likeness (QED) is 0.315. The number of carboxylic acids is 1. The third kappa shape index (κ3) is 17.2. The first kappa shape index (κ1) is 19.2. The van der Waals surface area contributed by atoms with Crippen LogP contribution < -0.4 is 0 Å². The minimum absolute atomic E-state index is 0.310. The van der Waals surface area contributed by atoms with Crippen molar-refractivity contribution in [1.82, 2.24) is 0 Å². The average molecular weight is 282 g/mol. The van der Waals surface area contributed by atoms with Gasteiger partial charge in [0, 0.05) is 6.42 Å². The topological polar surface area (TPSA) is 37.3 Å². The molecule has 0 heterocycles. The second-order valence-corrected chi connectivity index (χ2v) is 6.20. The van der Waals surface area contributed by atoms with Crippen LogP contribution in [0.25, 0.3) is 0 Å². The number of hydrogen-bond donors (Lipinski definition) is 1. The van der Waals surface area contributed by atoms with Crippen LogP contribution in [-0.4, -0.2) is 11.1 Å². The van der Waals surface area contributed by atoms with E-state index in [1.54, 1.807) is 0 Å². The highest BCUT2D eigenvalue weighted by Gasteiger charge is 1.95. The van der Waals surface area contributed by atoms with E-state index in [9.17, 15) is 4.79 Å². The lowest BCUT2D eigenvalue weighted by atomic mass is 10.0. The largest absolute Gasteiger partial charge is 0.481 e. The van der Waals surface area contributed by atoms with Crippen LogP contribution in [0.5, 0.6) is 0 Å². The van der Waals surface area contributed by atoms with Crippen molar-refractivity contribution < 1.29 is 9.90 Å². The molecule has 118 valence electrons. The molecule has 0 aromatic heterocycles. The van der Waals surface area contributed by atoms with Gasteiger partial charge in [0.2, 0.25) is 0 Å². The van der Waals surface area contributed by atoms with Crippen molar-refractivity contribution in [2.24, 2.45) is 5.92 Å². The summed E-state index contributed by atoms with van der Waals surface area (Å²) in [6.45, 7) is 4.60. The summed E-state index contributed by atoms with van der Waals surface area (Å²) in [6.07, 6.45) is 18.4. The smallest absolute Gasteiger partial charge is 0.303 e. The highest BCUT2D eigenvalue weighted by atomic mass is 16.4. The number of carboxylic acid groups (broad SMARTS) is 1. The van der Waals surface area contributed by atoms with Crippen LogP contribution in [0.1, 0.15) is 90.9 Å². The predicted molar refractivity (Wildman–Crippen MR) is 87.0 cm³/mol. The molecule has 0 bridgehead atoms. The average Bonchev–Trinajstić information content (AvgIpc) is 2.38. The Hall–Kier alpha value is -0.790. The number of unbranched alkanes of at least 4 members (excludes halogenated alkanes) is 8. The molecule has 0 radical (unpaired) electrons. The van der Waals surface area contributed by atoms with E-state index in [-0.39, 0.29) is 0 Å². The van der Waals surface area contributed by atoms with Crippen molar-refractivity contribution in [2.45, 2.75) is 90.9 Å². The van der Waals surface area contributed by atoms with Gasteiger partial charge in [-0.25, -0.2) is 0 Å². The standard InChI is InChI=1S/C18H34O2/c1-17(2)15-13-11-9-7-5-3-4-6-8-10-12-14-16-18(19)20/h6,8,17H,3-5,7,9-16H2,1-2H3,(H,19,20). The van der Waals surface area contributed by atoms with Crippen molar-refractivity contribution in [3.05, 3.63) is 12.2 Å². The van der Waals surface area contributed by atoms with Crippen LogP contribution in [-0.2, 0) is 4.79 Å². The number of allylic oxidation sites excluding steroid dienone is 2. The maximum atomic E-state index is 10.3. The zero-order valence-corrected chi connectivity index (χ0v) is 13.6. The fraction of sp³-hybridized carbons (Fsp3) is 0.833. The SMILES string of the molecule is CC(C)CCCCCCCCC=CCCCCC(=O)O. The lowest BCUT2D eigenvalue weighted by Gasteiger charge is -2.03. The first-order chi connectivity index (χ1) is 9.63.